The van der Waals surface area contributed by atoms with Crippen molar-refractivity contribution in [3.05, 3.63) is 23.2 Å². The van der Waals surface area contributed by atoms with Gasteiger partial charge in [0, 0.05) is 22.7 Å². The van der Waals surface area contributed by atoms with Crippen LogP contribution >= 0.6 is 23.4 Å². The Hall–Kier alpha value is -0.870. The van der Waals surface area contributed by atoms with Crippen molar-refractivity contribution in [2.24, 2.45) is 0 Å². The second kappa shape index (κ2) is 6.72. The highest BCUT2D eigenvalue weighted by Crippen LogP contribution is 2.30. The number of halogens is 1. The van der Waals surface area contributed by atoms with Crippen molar-refractivity contribution in [3.8, 4) is 0 Å². The van der Waals surface area contributed by atoms with Crippen LogP contribution < -0.4 is 5.73 Å². The van der Waals surface area contributed by atoms with Crippen molar-refractivity contribution in [2.45, 2.75) is 50.1 Å². The zero-order valence-corrected chi connectivity index (χ0v) is 13.5. The first-order valence-corrected chi connectivity index (χ1v) is 8.34. The number of thioether (sulfide) groups is 1. The van der Waals surface area contributed by atoms with Crippen LogP contribution in [0.2, 0.25) is 5.02 Å². The van der Waals surface area contributed by atoms with E-state index < -0.39 is 0 Å². The molecule has 2 N–H and O–H groups in total. The monoisotopic (exact) mass is 312 g/mol. The Labute approximate surface area is 129 Å². The van der Waals surface area contributed by atoms with E-state index in [9.17, 15) is 4.79 Å². The number of hydrogen-bond donors (Lipinski definition) is 1. The molecule has 1 aromatic rings. The molecule has 2 atom stereocenters. The summed E-state index contributed by atoms with van der Waals surface area (Å²) in [5.41, 5.74) is 6.31. The smallest absolute Gasteiger partial charge is 0.233 e. The highest BCUT2D eigenvalue weighted by molar-refractivity contribution is 8.00. The third-order valence-corrected chi connectivity index (χ3v) is 5.27. The Balaban J connectivity index is 1.97. The van der Waals surface area contributed by atoms with Crippen LogP contribution in [0.5, 0.6) is 0 Å². The molecule has 1 aromatic carbocycles. The molecule has 1 aliphatic rings. The Kier molecular flexibility index (Phi) is 5.22. The number of carbonyl (C=O) groups excluding carboxylic acids is 1. The number of nitrogens with two attached hydrogens (primary N) is 1. The van der Waals surface area contributed by atoms with Crippen LogP contribution in [0.1, 0.15) is 33.1 Å². The lowest BCUT2D eigenvalue weighted by molar-refractivity contribution is -0.134. The highest BCUT2D eigenvalue weighted by Gasteiger charge is 2.28. The molecule has 0 radical (unpaired) electrons. The first kappa shape index (κ1) is 15.5. The normalized spacial score (nSPS) is 22.9. The Morgan fingerprint density at radius 1 is 1.40 bits per heavy atom. The average Bonchev–Trinajstić information content (AvgIpc) is 2.37. The van der Waals surface area contributed by atoms with Crippen molar-refractivity contribution in [3.63, 3.8) is 0 Å². The summed E-state index contributed by atoms with van der Waals surface area (Å²) >= 11 is 7.61. The maximum absolute atomic E-state index is 12.4. The largest absolute Gasteiger partial charge is 0.399 e. The molecule has 2 unspecified atom stereocenters. The van der Waals surface area contributed by atoms with Gasteiger partial charge in [-0.25, -0.2) is 0 Å². The molecule has 1 heterocycles. The first-order valence-electron chi connectivity index (χ1n) is 6.98. The quantitative estimate of drug-likeness (QED) is 0.682. The lowest BCUT2D eigenvalue weighted by Crippen LogP contribution is -2.48. The van der Waals surface area contributed by atoms with E-state index in [2.05, 4.69) is 13.8 Å². The van der Waals surface area contributed by atoms with Crippen molar-refractivity contribution in [1.29, 1.82) is 0 Å². The van der Waals surface area contributed by atoms with Gasteiger partial charge in [0.25, 0.3) is 0 Å². The number of nitrogens with zero attached hydrogens (tertiary/aromatic N) is 1. The number of amides is 1. The van der Waals surface area contributed by atoms with Gasteiger partial charge in [0.15, 0.2) is 0 Å². The van der Waals surface area contributed by atoms with E-state index in [1.54, 1.807) is 6.07 Å². The molecule has 0 spiro atoms. The highest BCUT2D eigenvalue weighted by atomic mass is 35.5. The Morgan fingerprint density at radius 3 is 2.65 bits per heavy atom. The molecular formula is C15H21ClN2OS. The number of carbonyl (C=O) groups is 1. The predicted octanol–water partition coefficient (Wildman–Crippen LogP) is 3.80. The SMILES string of the molecule is CC1CCCC(C)N1C(=O)CSc1ccc(N)cc1Cl. The minimum Gasteiger partial charge on any atom is -0.399 e. The van der Waals surface area contributed by atoms with Gasteiger partial charge in [0.1, 0.15) is 0 Å². The Bertz CT molecular complexity index is 485. The molecule has 0 aliphatic carbocycles. The minimum atomic E-state index is 0.197. The molecule has 1 fully saturated rings. The summed E-state index contributed by atoms with van der Waals surface area (Å²) in [5, 5.41) is 0.613. The molecule has 1 amide bonds. The molecule has 2 rings (SSSR count). The molecule has 1 aliphatic heterocycles. The number of likely N-dealkylation sites (tertiary alicyclic amines) is 1. The summed E-state index contributed by atoms with van der Waals surface area (Å²) in [6.07, 6.45) is 3.41. The third-order valence-electron chi connectivity index (χ3n) is 3.79. The van der Waals surface area contributed by atoms with Crippen LogP contribution in [0.4, 0.5) is 5.69 Å². The van der Waals surface area contributed by atoms with E-state index >= 15 is 0 Å². The van der Waals surface area contributed by atoms with E-state index in [0.29, 0.717) is 28.5 Å². The second-order valence-electron chi connectivity index (χ2n) is 5.41. The summed E-state index contributed by atoms with van der Waals surface area (Å²) in [7, 11) is 0. The van der Waals surface area contributed by atoms with Crippen molar-refractivity contribution in [1.82, 2.24) is 4.90 Å². The summed E-state index contributed by atoms with van der Waals surface area (Å²) in [6, 6.07) is 6.09. The lowest BCUT2D eigenvalue weighted by atomic mass is 9.98. The summed E-state index contributed by atoms with van der Waals surface area (Å²) in [6.45, 7) is 4.27. The summed E-state index contributed by atoms with van der Waals surface area (Å²) in [5.74, 6) is 0.626. The van der Waals surface area contributed by atoms with Crippen LogP contribution in [0, 0.1) is 0 Å². The number of hydrogen-bond acceptors (Lipinski definition) is 3. The molecular weight excluding hydrogens is 292 g/mol. The van der Waals surface area contributed by atoms with Gasteiger partial charge in [0.2, 0.25) is 5.91 Å². The van der Waals surface area contributed by atoms with E-state index in [4.69, 9.17) is 17.3 Å². The maximum Gasteiger partial charge on any atom is 0.233 e. The number of rotatable bonds is 3. The van der Waals surface area contributed by atoms with Crippen LogP contribution in [0.25, 0.3) is 0 Å². The second-order valence-corrected chi connectivity index (χ2v) is 6.83. The topological polar surface area (TPSA) is 46.3 Å². The van der Waals surface area contributed by atoms with Crippen molar-refractivity contribution >= 4 is 35.0 Å². The molecule has 110 valence electrons. The fourth-order valence-corrected chi connectivity index (χ4v) is 3.90. The van der Waals surface area contributed by atoms with Crippen LogP contribution in [0.3, 0.4) is 0 Å². The lowest BCUT2D eigenvalue weighted by Gasteiger charge is -2.39. The standard InChI is InChI=1S/C15H21ClN2OS/c1-10-4-3-5-11(2)18(10)15(19)9-20-14-7-6-12(17)8-13(14)16/h6-8,10-11H,3-5,9,17H2,1-2H3. The van der Waals surface area contributed by atoms with Gasteiger partial charge in [0.05, 0.1) is 10.8 Å². The van der Waals surface area contributed by atoms with Gasteiger partial charge >= 0.3 is 0 Å². The minimum absolute atomic E-state index is 0.197. The zero-order valence-electron chi connectivity index (χ0n) is 11.9. The fraction of sp³-hybridized carbons (Fsp3) is 0.533. The van der Waals surface area contributed by atoms with Crippen LogP contribution in [-0.2, 0) is 4.79 Å². The molecule has 0 bridgehead atoms. The van der Waals surface area contributed by atoms with Crippen molar-refractivity contribution < 1.29 is 4.79 Å². The predicted molar refractivity (Wildman–Crippen MR) is 86.2 cm³/mol. The van der Waals surface area contributed by atoms with E-state index in [1.165, 1.54) is 18.2 Å². The summed E-state index contributed by atoms with van der Waals surface area (Å²) < 4.78 is 0. The fourth-order valence-electron chi connectivity index (χ4n) is 2.76. The molecule has 0 saturated carbocycles. The van der Waals surface area contributed by atoms with Crippen molar-refractivity contribution in [2.75, 3.05) is 11.5 Å². The van der Waals surface area contributed by atoms with E-state index in [1.807, 2.05) is 17.0 Å². The maximum atomic E-state index is 12.4. The van der Waals surface area contributed by atoms with Crippen LogP contribution in [0.15, 0.2) is 23.1 Å². The molecule has 3 nitrogen and oxygen atoms in total. The van der Waals surface area contributed by atoms with Gasteiger partial charge in [-0.05, 0) is 51.3 Å². The summed E-state index contributed by atoms with van der Waals surface area (Å²) in [4.78, 5) is 15.3. The third kappa shape index (κ3) is 3.61. The molecule has 1 saturated heterocycles. The van der Waals surface area contributed by atoms with Crippen LogP contribution in [-0.4, -0.2) is 28.6 Å². The van der Waals surface area contributed by atoms with E-state index in [0.717, 1.165) is 17.7 Å². The van der Waals surface area contributed by atoms with Gasteiger partial charge < -0.3 is 10.6 Å². The van der Waals surface area contributed by atoms with E-state index in [-0.39, 0.29) is 5.91 Å². The molecule has 20 heavy (non-hydrogen) atoms. The number of anilines is 1. The Morgan fingerprint density at radius 2 is 2.05 bits per heavy atom. The average molecular weight is 313 g/mol. The van der Waals surface area contributed by atoms with Gasteiger partial charge in [-0.1, -0.05) is 11.6 Å². The van der Waals surface area contributed by atoms with Gasteiger partial charge in [-0.3, -0.25) is 4.79 Å². The number of nitrogen functional groups attached to an aromatic ring is 1. The number of benzene rings is 1. The molecule has 5 heteroatoms. The number of piperidine rings is 1. The molecule has 0 aromatic heterocycles. The van der Waals surface area contributed by atoms with Gasteiger partial charge in [-0.15, -0.1) is 11.8 Å². The first-order chi connectivity index (χ1) is 9.49. The zero-order chi connectivity index (χ0) is 14.7. The van der Waals surface area contributed by atoms with Gasteiger partial charge in [-0.2, -0.15) is 0 Å².